The van der Waals surface area contributed by atoms with Crippen molar-refractivity contribution < 1.29 is 9.47 Å². The van der Waals surface area contributed by atoms with E-state index < -0.39 is 0 Å². The van der Waals surface area contributed by atoms with Crippen LogP contribution < -0.4 is 0 Å². The Labute approximate surface area is 81.6 Å². The van der Waals surface area contributed by atoms with Gasteiger partial charge in [-0.25, -0.2) is 0 Å². The minimum absolute atomic E-state index is 0.0810. The van der Waals surface area contributed by atoms with E-state index in [1.54, 1.807) is 7.11 Å². The Morgan fingerprint density at radius 1 is 1.31 bits per heavy atom. The van der Waals surface area contributed by atoms with Gasteiger partial charge in [-0.1, -0.05) is 13.8 Å². The van der Waals surface area contributed by atoms with Gasteiger partial charge < -0.3 is 9.47 Å². The summed E-state index contributed by atoms with van der Waals surface area (Å²) in [7, 11) is 1.64. The van der Waals surface area contributed by atoms with Gasteiger partial charge in [0.1, 0.15) is 6.79 Å². The van der Waals surface area contributed by atoms with Crippen LogP contribution in [0.5, 0.6) is 0 Å². The molecule has 13 heavy (non-hydrogen) atoms. The van der Waals surface area contributed by atoms with Crippen molar-refractivity contribution in [2.75, 3.05) is 13.9 Å². The third kappa shape index (κ3) is 4.31. The Balaban J connectivity index is 4.06. The monoisotopic (exact) mass is 184 g/mol. The first-order valence-corrected chi connectivity index (χ1v) is 4.81. The van der Waals surface area contributed by atoms with Gasteiger partial charge in [-0.3, -0.25) is 0 Å². The molecular weight excluding hydrogens is 164 g/mol. The van der Waals surface area contributed by atoms with E-state index in [4.69, 9.17) is 15.9 Å². The predicted molar refractivity (Wildman–Crippen MR) is 54.3 cm³/mol. The van der Waals surface area contributed by atoms with Crippen LogP contribution in [0.2, 0.25) is 0 Å². The first kappa shape index (κ1) is 12.5. The Kier molecular flexibility index (Phi) is 6.66. The molecule has 0 aromatic heterocycles. The molecule has 0 atom stereocenters. The molecule has 0 radical (unpaired) electrons. The summed E-state index contributed by atoms with van der Waals surface area (Å²) < 4.78 is 10.6. The summed E-state index contributed by atoms with van der Waals surface area (Å²) in [5.41, 5.74) is -0.0810. The summed E-state index contributed by atoms with van der Waals surface area (Å²) >= 11 is 0. The van der Waals surface area contributed by atoms with Gasteiger partial charge in [-0.2, -0.15) is 0 Å². The molecule has 0 saturated heterocycles. The van der Waals surface area contributed by atoms with Gasteiger partial charge in [-0.15, -0.1) is 12.3 Å². The highest BCUT2D eigenvalue weighted by Crippen LogP contribution is 2.25. The fraction of sp³-hybridized carbons (Fsp3) is 0.818. The van der Waals surface area contributed by atoms with Crippen molar-refractivity contribution in [2.45, 2.75) is 45.1 Å². The van der Waals surface area contributed by atoms with Gasteiger partial charge in [0.25, 0.3) is 0 Å². The third-order valence-electron chi connectivity index (χ3n) is 2.50. The van der Waals surface area contributed by atoms with Crippen LogP contribution in [0.4, 0.5) is 0 Å². The highest BCUT2D eigenvalue weighted by Gasteiger charge is 2.25. The Hall–Kier alpha value is -0.520. The van der Waals surface area contributed by atoms with Crippen molar-refractivity contribution >= 4 is 0 Å². The second kappa shape index (κ2) is 6.94. The summed E-state index contributed by atoms with van der Waals surface area (Å²) in [6.45, 7) is 4.59. The lowest BCUT2D eigenvalue weighted by Gasteiger charge is -2.30. The van der Waals surface area contributed by atoms with E-state index >= 15 is 0 Å². The van der Waals surface area contributed by atoms with Crippen molar-refractivity contribution in [1.82, 2.24) is 0 Å². The fourth-order valence-electron chi connectivity index (χ4n) is 1.36. The van der Waals surface area contributed by atoms with E-state index in [1.165, 1.54) is 0 Å². The lowest BCUT2D eigenvalue weighted by molar-refractivity contribution is -0.137. The number of ether oxygens (including phenoxy) is 2. The first-order chi connectivity index (χ1) is 6.24. The van der Waals surface area contributed by atoms with Gasteiger partial charge in [0.2, 0.25) is 0 Å². The average Bonchev–Trinajstić information content (AvgIpc) is 2.20. The molecule has 76 valence electrons. The molecule has 0 amide bonds. The lowest BCUT2D eigenvalue weighted by atomic mass is 9.92. The van der Waals surface area contributed by atoms with Gasteiger partial charge in [0.05, 0.1) is 5.60 Å². The molecule has 0 fully saturated rings. The molecule has 0 rings (SSSR count). The molecule has 0 aromatic rings. The van der Waals surface area contributed by atoms with Crippen LogP contribution in [0.3, 0.4) is 0 Å². The molecule has 0 aliphatic rings. The van der Waals surface area contributed by atoms with Gasteiger partial charge in [-0.05, 0) is 19.3 Å². The average molecular weight is 184 g/mol. The van der Waals surface area contributed by atoms with Gasteiger partial charge in [0.15, 0.2) is 0 Å². The van der Waals surface area contributed by atoms with Crippen LogP contribution in [-0.2, 0) is 9.47 Å². The molecule has 0 aliphatic heterocycles. The highest BCUT2D eigenvalue weighted by molar-refractivity contribution is 4.89. The molecule has 0 bridgehead atoms. The zero-order valence-corrected chi connectivity index (χ0v) is 8.93. The number of terminal acetylenes is 1. The number of rotatable bonds is 7. The predicted octanol–water partition coefficient (Wildman–Crippen LogP) is 2.58. The summed E-state index contributed by atoms with van der Waals surface area (Å²) in [5.74, 6) is 2.65. The summed E-state index contributed by atoms with van der Waals surface area (Å²) in [4.78, 5) is 0. The third-order valence-corrected chi connectivity index (χ3v) is 2.50. The molecule has 0 saturated carbocycles. The van der Waals surface area contributed by atoms with Crippen LogP contribution in [0, 0.1) is 12.3 Å². The van der Waals surface area contributed by atoms with Crippen LogP contribution in [0.1, 0.15) is 39.5 Å². The standard InChI is InChI=1S/C11H20O2/c1-5-8-9-11(6-2,7-3)13-10-12-4/h1H,6-10H2,2-4H3. The number of hydrogen-bond acceptors (Lipinski definition) is 2. The van der Waals surface area contributed by atoms with Gasteiger partial charge >= 0.3 is 0 Å². The molecule has 0 heterocycles. The van der Waals surface area contributed by atoms with E-state index in [0.717, 1.165) is 25.7 Å². The fourth-order valence-corrected chi connectivity index (χ4v) is 1.36. The zero-order valence-electron chi connectivity index (χ0n) is 8.93. The topological polar surface area (TPSA) is 18.5 Å². The Bertz CT molecular complexity index is 154. The zero-order chi connectivity index (χ0) is 10.2. The van der Waals surface area contributed by atoms with E-state index in [-0.39, 0.29) is 5.60 Å². The molecule has 2 nitrogen and oxygen atoms in total. The number of methoxy groups -OCH3 is 1. The van der Waals surface area contributed by atoms with E-state index in [1.807, 2.05) is 0 Å². The summed E-state index contributed by atoms with van der Waals surface area (Å²) in [5, 5.41) is 0. The molecule has 0 aliphatic carbocycles. The van der Waals surface area contributed by atoms with Crippen molar-refractivity contribution in [3.8, 4) is 12.3 Å². The Morgan fingerprint density at radius 2 is 1.92 bits per heavy atom. The van der Waals surface area contributed by atoms with Crippen molar-refractivity contribution in [1.29, 1.82) is 0 Å². The highest BCUT2D eigenvalue weighted by atomic mass is 16.7. The Morgan fingerprint density at radius 3 is 2.31 bits per heavy atom. The smallest absolute Gasteiger partial charge is 0.147 e. The maximum absolute atomic E-state index is 5.66. The van der Waals surface area contributed by atoms with Crippen molar-refractivity contribution in [3.05, 3.63) is 0 Å². The van der Waals surface area contributed by atoms with E-state index in [2.05, 4.69) is 19.8 Å². The first-order valence-electron chi connectivity index (χ1n) is 4.81. The summed E-state index contributed by atoms with van der Waals surface area (Å²) in [6.07, 6.45) is 8.88. The second-order valence-electron chi connectivity index (χ2n) is 3.15. The molecule has 2 heteroatoms. The second-order valence-corrected chi connectivity index (χ2v) is 3.15. The molecule has 0 N–H and O–H groups in total. The quantitative estimate of drug-likeness (QED) is 0.447. The molecule has 0 unspecified atom stereocenters. The lowest BCUT2D eigenvalue weighted by Crippen LogP contribution is -2.31. The largest absolute Gasteiger partial charge is 0.359 e. The van der Waals surface area contributed by atoms with E-state index in [9.17, 15) is 0 Å². The minimum Gasteiger partial charge on any atom is -0.359 e. The van der Waals surface area contributed by atoms with Crippen LogP contribution in [0.25, 0.3) is 0 Å². The maximum atomic E-state index is 5.66. The summed E-state index contributed by atoms with van der Waals surface area (Å²) in [6, 6.07) is 0. The van der Waals surface area contributed by atoms with Crippen molar-refractivity contribution in [2.24, 2.45) is 0 Å². The maximum Gasteiger partial charge on any atom is 0.147 e. The van der Waals surface area contributed by atoms with Gasteiger partial charge in [0, 0.05) is 13.5 Å². The SMILES string of the molecule is C#CCCC(CC)(CC)OCOC. The van der Waals surface area contributed by atoms with Crippen LogP contribution in [0.15, 0.2) is 0 Å². The van der Waals surface area contributed by atoms with Crippen LogP contribution >= 0.6 is 0 Å². The van der Waals surface area contributed by atoms with E-state index in [0.29, 0.717) is 6.79 Å². The normalized spacial score (nSPS) is 11.2. The molecule has 0 spiro atoms. The van der Waals surface area contributed by atoms with Crippen LogP contribution in [-0.4, -0.2) is 19.5 Å². The molecule has 0 aromatic carbocycles. The minimum atomic E-state index is -0.0810. The van der Waals surface area contributed by atoms with Crippen molar-refractivity contribution in [3.63, 3.8) is 0 Å². The molecular formula is C11H20O2. The number of hydrogen-bond donors (Lipinski definition) is 0.